The van der Waals surface area contributed by atoms with Gasteiger partial charge in [0.15, 0.2) is 6.10 Å². The Kier molecular flexibility index (Phi) is 6.84. The van der Waals surface area contributed by atoms with Crippen molar-refractivity contribution >= 4 is 38.1 Å². The summed E-state index contributed by atoms with van der Waals surface area (Å²) in [5, 5.41) is 4.79. The number of nitrogens with one attached hydrogen (secondary N) is 2. The second-order valence-electron chi connectivity index (χ2n) is 7.98. The van der Waals surface area contributed by atoms with Gasteiger partial charge in [-0.15, -0.1) is 0 Å². The monoisotopic (exact) mass is 474 g/mol. The molecule has 0 saturated heterocycles. The Morgan fingerprint density at radius 1 is 0.853 bits per heavy atom. The summed E-state index contributed by atoms with van der Waals surface area (Å²) >= 11 is 0. The Labute approximate surface area is 199 Å². The number of anilines is 2. The summed E-state index contributed by atoms with van der Waals surface area (Å²) in [7, 11) is -3.74. The first kappa shape index (κ1) is 23.3. The van der Waals surface area contributed by atoms with Crippen LogP contribution in [-0.4, -0.2) is 20.4 Å². The van der Waals surface area contributed by atoms with Crippen LogP contribution in [0, 0.1) is 6.92 Å². The molecule has 0 aromatic heterocycles. The first-order valence-corrected chi connectivity index (χ1v) is 12.5. The van der Waals surface area contributed by atoms with E-state index in [-0.39, 0.29) is 10.8 Å². The van der Waals surface area contributed by atoms with E-state index in [9.17, 15) is 13.2 Å². The number of carbonyl (C=O) groups is 1. The molecule has 1 amide bonds. The minimum atomic E-state index is -3.74. The molecule has 0 bridgehead atoms. The molecule has 34 heavy (non-hydrogen) atoms. The molecule has 0 heterocycles. The van der Waals surface area contributed by atoms with E-state index in [1.807, 2.05) is 68.4 Å². The highest BCUT2D eigenvalue weighted by molar-refractivity contribution is 7.92. The molecule has 7 heteroatoms. The van der Waals surface area contributed by atoms with Crippen LogP contribution in [0.3, 0.4) is 0 Å². The minimum Gasteiger partial charge on any atom is -0.480 e. The van der Waals surface area contributed by atoms with Gasteiger partial charge in [-0.2, -0.15) is 0 Å². The fourth-order valence-electron chi connectivity index (χ4n) is 3.55. The summed E-state index contributed by atoms with van der Waals surface area (Å²) in [5.74, 6) is 0.340. The number of rotatable bonds is 8. The van der Waals surface area contributed by atoms with E-state index in [1.54, 1.807) is 24.3 Å². The van der Waals surface area contributed by atoms with E-state index >= 15 is 0 Å². The van der Waals surface area contributed by atoms with Crippen molar-refractivity contribution in [3.8, 4) is 5.75 Å². The normalized spacial score (nSPS) is 12.2. The van der Waals surface area contributed by atoms with Crippen LogP contribution in [0.4, 0.5) is 11.4 Å². The molecule has 0 saturated carbocycles. The Balaban J connectivity index is 1.44. The van der Waals surface area contributed by atoms with Crippen LogP contribution in [0.5, 0.6) is 5.75 Å². The van der Waals surface area contributed by atoms with Crippen molar-refractivity contribution < 1.29 is 17.9 Å². The highest BCUT2D eigenvalue weighted by Crippen LogP contribution is 2.27. The van der Waals surface area contributed by atoms with Gasteiger partial charge in [-0.3, -0.25) is 9.52 Å². The number of aryl methyl sites for hydroxylation is 1. The van der Waals surface area contributed by atoms with Crippen molar-refractivity contribution in [3.05, 3.63) is 96.6 Å². The topological polar surface area (TPSA) is 84.5 Å². The van der Waals surface area contributed by atoms with Gasteiger partial charge in [0.2, 0.25) is 0 Å². The quantitative estimate of drug-likeness (QED) is 0.341. The Morgan fingerprint density at radius 2 is 1.50 bits per heavy atom. The number of ether oxygens (including phenoxy) is 1. The van der Waals surface area contributed by atoms with Crippen molar-refractivity contribution in [2.45, 2.75) is 31.3 Å². The van der Waals surface area contributed by atoms with Crippen LogP contribution in [0.2, 0.25) is 0 Å². The smallest absolute Gasteiger partial charge is 0.265 e. The van der Waals surface area contributed by atoms with Gasteiger partial charge in [0.05, 0.1) is 4.90 Å². The number of amides is 1. The number of benzene rings is 4. The molecule has 0 spiro atoms. The predicted molar refractivity (Wildman–Crippen MR) is 136 cm³/mol. The molecule has 0 fully saturated rings. The molecule has 174 valence electrons. The van der Waals surface area contributed by atoms with Crippen LogP contribution in [-0.2, 0) is 14.8 Å². The number of hydrogen-bond donors (Lipinski definition) is 2. The summed E-state index contributed by atoms with van der Waals surface area (Å²) in [6.45, 7) is 3.81. The van der Waals surface area contributed by atoms with Gasteiger partial charge in [-0.05, 0) is 61.2 Å². The largest absolute Gasteiger partial charge is 0.480 e. The Hall–Kier alpha value is -3.84. The molecule has 4 aromatic carbocycles. The summed E-state index contributed by atoms with van der Waals surface area (Å²) in [6, 6.07) is 26.7. The van der Waals surface area contributed by atoms with Gasteiger partial charge in [0.1, 0.15) is 5.75 Å². The van der Waals surface area contributed by atoms with E-state index in [0.29, 0.717) is 23.5 Å². The number of sulfonamides is 1. The summed E-state index contributed by atoms with van der Waals surface area (Å²) in [5.41, 5.74) is 2.01. The molecule has 0 aliphatic heterocycles. The lowest BCUT2D eigenvalue weighted by Gasteiger charge is -2.18. The third-order valence-electron chi connectivity index (χ3n) is 5.42. The molecule has 4 aromatic rings. The van der Waals surface area contributed by atoms with Gasteiger partial charge in [0, 0.05) is 16.8 Å². The average Bonchev–Trinajstić information content (AvgIpc) is 2.84. The second-order valence-corrected chi connectivity index (χ2v) is 9.66. The molecule has 2 N–H and O–H groups in total. The van der Waals surface area contributed by atoms with E-state index < -0.39 is 16.1 Å². The van der Waals surface area contributed by atoms with Gasteiger partial charge in [-0.25, -0.2) is 8.42 Å². The predicted octanol–water partition coefficient (Wildman–Crippen LogP) is 5.75. The van der Waals surface area contributed by atoms with Crippen LogP contribution in [0.25, 0.3) is 10.8 Å². The van der Waals surface area contributed by atoms with E-state index in [2.05, 4.69) is 10.0 Å². The average molecular weight is 475 g/mol. The number of fused-ring (bicyclic) bond motifs is 1. The highest BCUT2D eigenvalue weighted by Gasteiger charge is 2.20. The van der Waals surface area contributed by atoms with Gasteiger partial charge >= 0.3 is 0 Å². The first-order valence-electron chi connectivity index (χ1n) is 11.0. The molecule has 0 aliphatic rings. The van der Waals surface area contributed by atoms with Crippen molar-refractivity contribution in [2.24, 2.45) is 0 Å². The molecule has 1 atom stereocenters. The zero-order valence-electron chi connectivity index (χ0n) is 19.0. The van der Waals surface area contributed by atoms with E-state index in [1.165, 1.54) is 12.1 Å². The van der Waals surface area contributed by atoms with Crippen LogP contribution in [0.15, 0.2) is 95.9 Å². The first-order chi connectivity index (χ1) is 16.4. The van der Waals surface area contributed by atoms with Crippen molar-refractivity contribution in [3.63, 3.8) is 0 Å². The number of hydrogen-bond acceptors (Lipinski definition) is 4. The summed E-state index contributed by atoms with van der Waals surface area (Å²) in [4.78, 5) is 13.0. The minimum absolute atomic E-state index is 0.102. The van der Waals surface area contributed by atoms with Crippen LogP contribution < -0.4 is 14.8 Å². The maximum atomic E-state index is 12.9. The molecule has 4 rings (SSSR count). The molecule has 0 aliphatic carbocycles. The third-order valence-corrected chi connectivity index (χ3v) is 6.82. The van der Waals surface area contributed by atoms with Crippen molar-refractivity contribution in [2.75, 3.05) is 10.0 Å². The van der Waals surface area contributed by atoms with E-state index in [4.69, 9.17) is 4.74 Å². The molecular formula is C27H26N2O4S. The highest BCUT2D eigenvalue weighted by atomic mass is 32.2. The lowest BCUT2D eigenvalue weighted by molar-refractivity contribution is -0.122. The Morgan fingerprint density at radius 3 is 2.21 bits per heavy atom. The molecule has 6 nitrogen and oxygen atoms in total. The zero-order chi connectivity index (χ0) is 24.1. The van der Waals surface area contributed by atoms with Gasteiger partial charge in [-0.1, -0.05) is 61.0 Å². The van der Waals surface area contributed by atoms with Crippen molar-refractivity contribution in [1.82, 2.24) is 0 Å². The second kappa shape index (κ2) is 9.97. The van der Waals surface area contributed by atoms with Gasteiger partial charge in [0.25, 0.3) is 15.9 Å². The summed E-state index contributed by atoms with van der Waals surface area (Å²) < 4.78 is 33.9. The van der Waals surface area contributed by atoms with Crippen LogP contribution in [0.1, 0.15) is 18.9 Å². The fraction of sp³-hybridized carbons (Fsp3) is 0.148. The summed E-state index contributed by atoms with van der Waals surface area (Å²) in [6.07, 6.45) is -0.223. The zero-order valence-corrected chi connectivity index (χ0v) is 19.8. The molecular weight excluding hydrogens is 448 g/mol. The standard InChI is InChI=1S/C27H26N2O4S/c1-3-25(33-26-10-6-8-20-7-4-5-9-24(20)26)27(30)28-21-15-17-23(18-16-21)34(31,32)29-22-13-11-19(2)12-14-22/h4-18,25,29H,3H2,1-2H3,(H,28,30). The molecule has 1 unspecified atom stereocenters. The van der Waals surface area contributed by atoms with Crippen molar-refractivity contribution in [1.29, 1.82) is 0 Å². The SMILES string of the molecule is CCC(Oc1cccc2ccccc12)C(=O)Nc1ccc(S(=O)(=O)Nc2ccc(C)cc2)cc1. The maximum absolute atomic E-state index is 12.9. The fourth-order valence-corrected chi connectivity index (χ4v) is 4.61. The lowest BCUT2D eigenvalue weighted by Crippen LogP contribution is -2.32. The van der Waals surface area contributed by atoms with E-state index in [0.717, 1.165) is 16.3 Å². The van der Waals surface area contributed by atoms with Crippen LogP contribution >= 0.6 is 0 Å². The molecule has 0 radical (unpaired) electrons. The number of carbonyl (C=O) groups excluding carboxylic acids is 1. The Bertz CT molecular complexity index is 1390. The third kappa shape index (κ3) is 5.38. The lowest BCUT2D eigenvalue weighted by atomic mass is 10.1. The maximum Gasteiger partial charge on any atom is 0.265 e. The van der Waals surface area contributed by atoms with Gasteiger partial charge < -0.3 is 10.1 Å².